The van der Waals surface area contributed by atoms with Gasteiger partial charge in [-0.3, -0.25) is 0 Å². The SMILES string of the molecule is CCCC(C)(C)[Si](Cl)(Cl)Cl. The summed E-state index contributed by atoms with van der Waals surface area (Å²) in [5.41, 5.74) is 0. The number of hydrogen-bond donors (Lipinski definition) is 0. The van der Waals surface area contributed by atoms with Crippen LogP contribution in [0.15, 0.2) is 0 Å². The van der Waals surface area contributed by atoms with Gasteiger partial charge in [-0.15, -0.1) is 33.2 Å². The van der Waals surface area contributed by atoms with Gasteiger partial charge in [0.25, 0.3) is 0 Å². The highest BCUT2D eigenvalue weighted by Gasteiger charge is 2.43. The minimum atomic E-state index is -2.49. The van der Waals surface area contributed by atoms with Crippen molar-refractivity contribution in [2.75, 3.05) is 0 Å². The Morgan fingerprint density at radius 2 is 1.60 bits per heavy atom. The van der Waals surface area contributed by atoms with Crippen LogP contribution in [0.25, 0.3) is 0 Å². The molecule has 62 valence electrons. The summed E-state index contributed by atoms with van der Waals surface area (Å²) < 4.78 is 0. The monoisotopic (exact) mass is 218 g/mol. The minimum Gasteiger partial charge on any atom is -0.125 e. The van der Waals surface area contributed by atoms with Crippen LogP contribution in [0.3, 0.4) is 0 Å². The third-order valence-electron chi connectivity index (χ3n) is 1.64. The second kappa shape index (κ2) is 3.66. The molecule has 0 saturated heterocycles. The standard InChI is InChI=1S/C6H13Cl3Si/c1-4-5-6(2,3)10(7,8)9/h4-5H2,1-3H3. The molecule has 10 heavy (non-hydrogen) atoms. The van der Waals surface area contributed by atoms with Crippen molar-refractivity contribution in [3.63, 3.8) is 0 Å². The zero-order valence-electron chi connectivity index (χ0n) is 6.55. The van der Waals surface area contributed by atoms with Gasteiger partial charge in [-0.25, -0.2) is 0 Å². The summed E-state index contributed by atoms with van der Waals surface area (Å²) >= 11 is 17.6. The lowest BCUT2D eigenvalue weighted by atomic mass is 10.1. The quantitative estimate of drug-likeness (QED) is 0.492. The first-order valence-corrected chi connectivity index (χ1v) is 8.41. The zero-order valence-corrected chi connectivity index (χ0v) is 9.82. The van der Waals surface area contributed by atoms with Crippen LogP contribution in [-0.4, -0.2) is 6.00 Å². The predicted octanol–water partition coefficient (Wildman–Crippen LogP) is 4.22. The third-order valence-corrected chi connectivity index (χ3v) is 8.03. The van der Waals surface area contributed by atoms with Crippen molar-refractivity contribution in [2.45, 2.75) is 38.7 Å². The van der Waals surface area contributed by atoms with E-state index in [9.17, 15) is 0 Å². The van der Waals surface area contributed by atoms with Crippen molar-refractivity contribution in [1.29, 1.82) is 0 Å². The second-order valence-corrected chi connectivity index (χ2v) is 12.3. The van der Waals surface area contributed by atoms with Gasteiger partial charge in [0.2, 0.25) is 0 Å². The summed E-state index contributed by atoms with van der Waals surface area (Å²) in [6, 6.07) is -2.49. The molecule has 0 heterocycles. The minimum absolute atomic E-state index is 0.0770. The van der Waals surface area contributed by atoms with E-state index in [-0.39, 0.29) is 5.04 Å². The lowest BCUT2D eigenvalue weighted by Crippen LogP contribution is -2.27. The average Bonchev–Trinajstić information content (AvgIpc) is 1.61. The first-order chi connectivity index (χ1) is 4.31. The van der Waals surface area contributed by atoms with Crippen molar-refractivity contribution in [3.05, 3.63) is 0 Å². The molecule has 0 unspecified atom stereocenters. The van der Waals surface area contributed by atoms with Gasteiger partial charge in [0.15, 0.2) is 0 Å². The third kappa shape index (κ3) is 2.99. The Kier molecular flexibility index (Phi) is 4.06. The van der Waals surface area contributed by atoms with E-state index in [1.54, 1.807) is 0 Å². The molecule has 0 aromatic carbocycles. The van der Waals surface area contributed by atoms with E-state index in [1.165, 1.54) is 0 Å². The largest absolute Gasteiger partial charge is 0.346 e. The molecule has 0 aromatic rings. The maximum Gasteiger partial charge on any atom is 0.346 e. The molecule has 0 aliphatic heterocycles. The first kappa shape index (κ1) is 11.1. The highest BCUT2D eigenvalue weighted by molar-refractivity contribution is 7.65. The summed E-state index contributed by atoms with van der Waals surface area (Å²) in [7, 11) is 0. The van der Waals surface area contributed by atoms with Crippen LogP contribution in [0.1, 0.15) is 33.6 Å². The lowest BCUT2D eigenvalue weighted by Gasteiger charge is -2.29. The molecule has 0 aliphatic rings. The van der Waals surface area contributed by atoms with Gasteiger partial charge < -0.3 is 0 Å². The molecule has 0 aromatic heterocycles. The summed E-state index contributed by atoms with van der Waals surface area (Å²) in [6.07, 6.45) is 2.07. The van der Waals surface area contributed by atoms with Crippen LogP contribution in [-0.2, 0) is 0 Å². The van der Waals surface area contributed by atoms with Gasteiger partial charge in [-0.05, 0) is 6.42 Å². The van der Waals surface area contributed by atoms with Crippen molar-refractivity contribution < 1.29 is 0 Å². The molecular weight excluding hydrogens is 207 g/mol. The van der Waals surface area contributed by atoms with E-state index >= 15 is 0 Å². The van der Waals surface area contributed by atoms with Gasteiger partial charge in [-0.1, -0.05) is 27.2 Å². The van der Waals surface area contributed by atoms with Crippen molar-refractivity contribution >= 4 is 39.2 Å². The van der Waals surface area contributed by atoms with E-state index in [1.807, 2.05) is 13.8 Å². The average molecular weight is 220 g/mol. The maximum absolute atomic E-state index is 5.87. The van der Waals surface area contributed by atoms with E-state index in [0.29, 0.717) is 0 Å². The van der Waals surface area contributed by atoms with Crippen molar-refractivity contribution in [3.8, 4) is 0 Å². The molecule has 0 aliphatic carbocycles. The van der Waals surface area contributed by atoms with Gasteiger partial charge in [0.05, 0.1) is 0 Å². The molecule has 4 heteroatoms. The Bertz CT molecular complexity index is 106. The highest BCUT2D eigenvalue weighted by atomic mass is 35.8. The Hall–Kier alpha value is 1.09. The summed E-state index contributed by atoms with van der Waals surface area (Å²) in [6.45, 7) is 6.15. The van der Waals surface area contributed by atoms with Crippen LogP contribution in [0.5, 0.6) is 0 Å². The summed E-state index contributed by atoms with van der Waals surface area (Å²) in [5.74, 6) is 0. The van der Waals surface area contributed by atoms with Gasteiger partial charge in [-0.2, -0.15) is 0 Å². The Balaban J connectivity index is 4.10. The number of hydrogen-bond acceptors (Lipinski definition) is 0. The molecule has 0 N–H and O–H groups in total. The van der Waals surface area contributed by atoms with Crippen LogP contribution in [0.4, 0.5) is 0 Å². The smallest absolute Gasteiger partial charge is 0.125 e. The van der Waals surface area contributed by atoms with E-state index < -0.39 is 6.00 Å². The fraction of sp³-hybridized carbons (Fsp3) is 1.00. The maximum atomic E-state index is 5.87. The van der Waals surface area contributed by atoms with Crippen LogP contribution >= 0.6 is 33.2 Å². The lowest BCUT2D eigenvalue weighted by molar-refractivity contribution is 0.592. The molecule has 0 fully saturated rings. The number of halogens is 3. The van der Waals surface area contributed by atoms with Crippen LogP contribution in [0.2, 0.25) is 5.04 Å². The molecule has 0 amide bonds. The highest BCUT2D eigenvalue weighted by Crippen LogP contribution is 2.48. The normalized spacial score (nSPS) is 13.8. The van der Waals surface area contributed by atoms with Gasteiger partial charge in [0.1, 0.15) is 0 Å². The van der Waals surface area contributed by atoms with E-state index in [0.717, 1.165) is 12.8 Å². The Labute approximate surface area is 78.0 Å². The first-order valence-electron chi connectivity index (χ1n) is 3.38. The Morgan fingerprint density at radius 3 is 1.70 bits per heavy atom. The van der Waals surface area contributed by atoms with Crippen LogP contribution in [0, 0.1) is 0 Å². The Morgan fingerprint density at radius 1 is 1.20 bits per heavy atom. The van der Waals surface area contributed by atoms with Crippen molar-refractivity contribution in [2.24, 2.45) is 0 Å². The molecule has 0 nitrogen and oxygen atoms in total. The molecule has 0 bridgehead atoms. The topological polar surface area (TPSA) is 0 Å². The van der Waals surface area contributed by atoms with Crippen LogP contribution < -0.4 is 0 Å². The second-order valence-electron chi connectivity index (χ2n) is 3.13. The molecular formula is C6H13Cl3Si. The molecule has 0 saturated carbocycles. The molecule has 0 atom stereocenters. The van der Waals surface area contributed by atoms with E-state index in [4.69, 9.17) is 33.2 Å². The predicted molar refractivity (Wildman–Crippen MR) is 52.3 cm³/mol. The fourth-order valence-electron chi connectivity index (χ4n) is 0.767. The van der Waals surface area contributed by atoms with E-state index in [2.05, 4.69) is 6.92 Å². The summed E-state index contributed by atoms with van der Waals surface area (Å²) in [4.78, 5) is 0. The van der Waals surface area contributed by atoms with Gasteiger partial charge in [0, 0.05) is 5.04 Å². The molecule has 0 spiro atoms. The fourth-order valence-corrected chi connectivity index (χ4v) is 2.15. The van der Waals surface area contributed by atoms with Crippen molar-refractivity contribution in [1.82, 2.24) is 0 Å². The molecule has 0 radical (unpaired) electrons. The summed E-state index contributed by atoms with van der Waals surface area (Å²) in [5, 5.41) is -0.0770. The van der Waals surface area contributed by atoms with Gasteiger partial charge >= 0.3 is 6.00 Å². The molecule has 0 rings (SSSR count). The zero-order chi connectivity index (χ0) is 8.41. The number of rotatable bonds is 3.